The van der Waals surface area contributed by atoms with Crippen molar-refractivity contribution in [3.05, 3.63) is 12.2 Å². The first-order valence-electron chi connectivity index (χ1n) is 4.92. The summed E-state index contributed by atoms with van der Waals surface area (Å²) in [6, 6.07) is 0. The van der Waals surface area contributed by atoms with Crippen molar-refractivity contribution in [2.45, 2.75) is 37.6 Å². The van der Waals surface area contributed by atoms with Crippen molar-refractivity contribution < 1.29 is 14.6 Å². The molecule has 0 spiro atoms. The molecule has 13 heavy (non-hydrogen) atoms. The highest BCUT2D eigenvalue weighted by molar-refractivity contribution is 4.93. The third-order valence-electron chi connectivity index (χ3n) is 2.66. The SMILES string of the molecule is OCC[C@@]12CC/C=C\C[C@@H](CO1)O2. The summed E-state index contributed by atoms with van der Waals surface area (Å²) >= 11 is 0. The van der Waals surface area contributed by atoms with Gasteiger partial charge >= 0.3 is 0 Å². The minimum atomic E-state index is -0.482. The molecule has 2 rings (SSSR count). The molecule has 2 bridgehead atoms. The van der Waals surface area contributed by atoms with Gasteiger partial charge < -0.3 is 14.6 Å². The van der Waals surface area contributed by atoms with Gasteiger partial charge in [0.05, 0.1) is 12.7 Å². The maximum Gasteiger partial charge on any atom is 0.171 e. The minimum absolute atomic E-state index is 0.135. The molecule has 0 amide bonds. The van der Waals surface area contributed by atoms with Gasteiger partial charge in [-0.3, -0.25) is 0 Å². The molecule has 2 aliphatic heterocycles. The largest absolute Gasteiger partial charge is 0.396 e. The standard InChI is InChI=1S/C10H16O3/c11-7-6-10-5-3-1-2-4-9(13-10)8-12-10/h1-2,9,11H,3-8H2/b2-1-/t9-,10-/m0/s1. The lowest BCUT2D eigenvalue weighted by atomic mass is 10.1. The lowest BCUT2D eigenvalue weighted by molar-refractivity contribution is -0.181. The summed E-state index contributed by atoms with van der Waals surface area (Å²) in [7, 11) is 0. The Morgan fingerprint density at radius 1 is 1.46 bits per heavy atom. The number of aliphatic hydroxyl groups is 1. The van der Waals surface area contributed by atoms with Gasteiger partial charge in [-0.1, -0.05) is 12.2 Å². The molecule has 0 radical (unpaired) electrons. The molecule has 2 heterocycles. The molecule has 3 heteroatoms. The van der Waals surface area contributed by atoms with Crippen molar-refractivity contribution in [1.82, 2.24) is 0 Å². The van der Waals surface area contributed by atoms with Crippen LogP contribution in [-0.2, 0) is 9.47 Å². The van der Waals surface area contributed by atoms with Crippen LogP contribution in [0.5, 0.6) is 0 Å². The number of rotatable bonds is 2. The predicted octanol–water partition coefficient (Wildman–Crippen LogP) is 1.22. The molecule has 0 aromatic carbocycles. The van der Waals surface area contributed by atoms with Crippen LogP contribution in [0.25, 0.3) is 0 Å². The van der Waals surface area contributed by atoms with E-state index in [1.54, 1.807) is 0 Å². The third-order valence-corrected chi connectivity index (χ3v) is 2.66. The summed E-state index contributed by atoms with van der Waals surface area (Å²) < 4.78 is 11.4. The van der Waals surface area contributed by atoms with Gasteiger partial charge in [-0.2, -0.15) is 0 Å². The number of hydrogen-bond acceptors (Lipinski definition) is 3. The first-order valence-corrected chi connectivity index (χ1v) is 4.92. The Balaban J connectivity index is 2.06. The zero-order valence-corrected chi connectivity index (χ0v) is 7.74. The van der Waals surface area contributed by atoms with Crippen molar-refractivity contribution in [3.8, 4) is 0 Å². The molecule has 0 saturated carbocycles. The van der Waals surface area contributed by atoms with Crippen molar-refractivity contribution >= 4 is 0 Å². The second-order valence-corrected chi connectivity index (χ2v) is 3.68. The Morgan fingerprint density at radius 3 is 3.23 bits per heavy atom. The molecular formula is C10H16O3. The maximum atomic E-state index is 8.92. The number of hydrogen-bond donors (Lipinski definition) is 1. The Kier molecular flexibility index (Phi) is 2.67. The van der Waals surface area contributed by atoms with Crippen LogP contribution in [-0.4, -0.2) is 30.2 Å². The van der Waals surface area contributed by atoms with Crippen molar-refractivity contribution in [2.75, 3.05) is 13.2 Å². The van der Waals surface area contributed by atoms with Gasteiger partial charge in [0.2, 0.25) is 0 Å². The second kappa shape index (κ2) is 3.78. The molecule has 0 aromatic rings. The van der Waals surface area contributed by atoms with Crippen LogP contribution < -0.4 is 0 Å². The van der Waals surface area contributed by atoms with E-state index >= 15 is 0 Å². The first-order chi connectivity index (χ1) is 6.35. The zero-order chi connectivity index (χ0) is 9.15. The molecule has 2 aliphatic rings. The second-order valence-electron chi connectivity index (χ2n) is 3.68. The van der Waals surface area contributed by atoms with E-state index in [4.69, 9.17) is 14.6 Å². The van der Waals surface area contributed by atoms with Gasteiger partial charge in [-0.05, 0) is 12.8 Å². The Bertz CT molecular complexity index is 202. The molecule has 1 N–H and O–H groups in total. The minimum Gasteiger partial charge on any atom is -0.396 e. The number of ether oxygens (including phenoxy) is 2. The van der Waals surface area contributed by atoms with Gasteiger partial charge in [0, 0.05) is 19.4 Å². The molecule has 2 atom stereocenters. The summed E-state index contributed by atoms with van der Waals surface area (Å²) in [6.45, 7) is 0.806. The van der Waals surface area contributed by atoms with Crippen LogP contribution in [0.15, 0.2) is 12.2 Å². The molecule has 1 fully saturated rings. The fourth-order valence-corrected chi connectivity index (χ4v) is 1.96. The quantitative estimate of drug-likeness (QED) is 0.656. The third kappa shape index (κ3) is 1.93. The number of allylic oxidation sites excluding steroid dienone is 1. The van der Waals surface area contributed by atoms with Crippen LogP contribution in [0, 0.1) is 0 Å². The molecule has 0 unspecified atom stereocenters. The highest BCUT2D eigenvalue weighted by atomic mass is 16.7. The Morgan fingerprint density at radius 2 is 2.38 bits per heavy atom. The van der Waals surface area contributed by atoms with Gasteiger partial charge in [-0.25, -0.2) is 0 Å². The summed E-state index contributed by atoms with van der Waals surface area (Å²) in [6.07, 6.45) is 7.90. The average molecular weight is 184 g/mol. The average Bonchev–Trinajstić information content (AvgIpc) is 2.48. The molecule has 0 aliphatic carbocycles. The summed E-state index contributed by atoms with van der Waals surface area (Å²) in [5.41, 5.74) is 0. The normalized spacial score (nSPS) is 41.2. The molecule has 1 saturated heterocycles. The van der Waals surface area contributed by atoms with E-state index in [9.17, 15) is 0 Å². The van der Waals surface area contributed by atoms with E-state index in [0.717, 1.165) is 19.3 Å². The van der Waals surface area contributed by atoms with Crippen LogP contribution >= 0.6 is 0 Å². The monoisotopic (exact) mass is 184 g/mol. The lowest BCUT2D eigenvalue weighted by Gasteiger charge is -2.27. The summed E-state index contributed by atoms with van der Waals surface area (Å²) in [5.74, 6) is -0.482. The number of aliphatic hydroxyl groups excluding tert-OH is 1. The van der Waals surface area contributed by atoms with Crippen LogP contribution in [0.2, 0.25) is 0 Å². The van der Waals surface area contributed by atoms with E-state index in [2.05, 4.69) is 12.2 Å². The summed E-state index contributed by atoms with van der Waals surface area (Å²) in [5, 5.41) is 8.92. The van der Waals surface area contributed by atoms with E-state index in [0.29, 0.717) is 13.0 Å². The predicted molar refractivity (Wildman–Crippen MR) is 48.2 cm³/mol. The van der Waals surface area contributed by atoms with E-state index in [-0.39, 0.29) is 12.7 Å². The van der Waals surface area contributed by atoms with Crippen LogP contribution in [0.4, 0.5) is 0 Å². The smallest absolute Gasteiger partial charge is 0.171 e. The van der Waals surface area contributed by atoms with Gasteiger partial charge in [0.1, 0.15) is 0 Å². The van der Waals surface area contributed by atoms with E-state index in [1.165, 1.54) is 0 Å². The number of fused-ring (bicyclic) bond motifs is 2. The van der Waals surface area contributed by atoms with Gasteiger partial charge in [-0.15, -0.1) is 0 Å². The van der Waals surface area contributed by atoms with Crippen molar-refractivity contribution in [2.24, 2.45) is 0 Å². The molecule has 3 nitrogen and oxygen atoms in total. The van der Waals surface area contributed by atoms with E-state index < -0.39 is 5.79 Å². The maximum absolute atomic E-state index is 8.92. The highest BCUT2D eigenvalue weighted by Gasteiger charge is 2.40. The zero-order valence-electron chi connectivity index (χ0n) is 7.74. The van der Waals surface area contributed by atoms with Gasteiger partial charge in [0.25, 0.3) is 0 Å². The topological polar surface area (TPSA) is 38.7 Å². The Hall–Kier alpha value is -0.380. The molecular weight excluding hydrogens is 168 g/mol. The summed E-state index contributed by atoms with van der Waals surface area (Å²) in [4.78, 5) is 0. The Labute approximate surface area is 78.3 Å². The molecule has 0 aromatic heterocycles. The fourth-order valence-electron chi connectivity index (χ4n) is 1.96. The van der Waals surface area contributed by atoms with Gasteiger partial charge in [0.15, 0.2) is 5.79 Å². The highest BCUT2D eigenvalue weighted by Crippen LogP contribution is 2.34. The van der Waals surface area contributed by atoms with Crippen LogP contribution in [0.1, 0.15) is 25.7 Å². The first kappa shape index (κ1) is 9.19. The molecule has 74 valence electrons. The van der Waals surface area contributed by atoms with Crippen LogP contribution in [0.3, 0.4) is 0 Å². The van der Waals surface area contributed by atoms with Crippen molar-refractivity contribution in [3.63, 3.8) is 0 Å². The van der Waals surface area contributed by atoms with E-state index in [1.807, 2.05) is 0 Å². The fraction of sp³-hybridized carbons (Fsp3) is 0.800. The lowest BCUT2D eigenvalue weighted by Crippen LogP contribution is -2.32. The van der Waals surface area contributed by atoms with Crippen molar-refractivity contribution in [1.29, 1.82) is 0 Å².